The highest BCUT2D eigenvalue weighted by atomic mass is 35.5. The molecule has 1 saturated carbocycles. The molecule has 1 aliphatic rings. The molecule has 1 aromatic heterocycles. The molecular formula is C9H11ClN2. The van der Waals surface area contributed by atoms with Crippen LogP contribution in [0.15, 0.2) is 12.4 Å². The number of hydrogen-bond donors (Lipinski definition) is 0. The second-order valence-corrected chi connectivity index (χ2v) is 3.77. The van der Waals surface area contributed by atoms with E-state index in [1.165, 1.54) is 12.8 Å². The van der Waals surface area contributed by atoms with E-state index in [9.17, 15) is 0 Å². The molecule has 0 saturated heterocycles. The highest BCUT2D eigenvalue weighted by Gasteiger charge is 2.30. The molecule has 1 aromatic rings. The van der Waals surface area contributed by atoms with E-state index in [0.29, 0.717) is 5.92 Å². The summed E-state index contributed by atoms with van der Waals surface area (Å²) in [5.74, 6) is 1.47. The highest BCUT2D eigenvalue weighted by molar-refractivity contribution is 6.21. The standard InChI is InChI=1S/C9H11ClN2/c1-6-11-4-8(5-12-6)9(10)7-2-3-7/h4-5,7,9H,2-3H2,1H3. The molecule has 1 aliphatic carbocycles. The first-order chi connectivity index (χ1) is 5.77. The fourth-order valence-corrected chi connectivity index (χ4v) is 1.57. The molecule has 1 unspecified atom stereocenters. The Morgan fingerprint density at radius 2 is 2.00 bits per heavy atom. The van der Waals surface area contributed by atoms with Crippen molar-refractivity contribution in [3.63, 3.8) is 0 Å². The van der Waals surface area contributed by atoms with E-state index in [1.54, 1.807) is 0 Å². The third kappa shape index (κ3) is 1.58. The van der Waals surface area contributed by atoms with Gasteiger partial charge in [-0.3, -0.25) is 0 Å². The number of hydrogen-bond acceptors (Lipinski definition) is 2. The predicted molar refractivity (Wildman–Crippen MR) is 48.1 cm³/mol. The lowest BCUT2D eigenvalue weighted by Gasteiger charge is -2.06. The van der Waals surface area contributed by atoms with Crippen molar-refractivity contribution in [2.75, 3.05) is 0 Å². The Bertz CT molecular complexity index is 266. The molecule has 64 valence electrons. The number of aromatic nitrogens is 2. The first kappa shape index (κ1) is 7.99. The minimum Gasteiger partial charge on any atom is -0.241 e. The quantitative estimate of drug-likeness (QED) is 0.657. The van der Waals surface area contributed by atoms with Gasteiger partial charge in [0.25, 0.3) is 0 Å². The molecule has 0 aliphatic heterocycles. The number of nitrogens with zero attached hydrogens (tertiary/aromatic N) is 2. The Kier molecular flexibility index (Phi) is 2.01. The van der Waals surface area contributed by atoms with Crippen molar-refractivity contribution < 1.29 is 0 Å². The normalized spacial score (nSPS) is 19.2. The third-order valence-electron chi connectivity index (χ3n) is 2.16. The first-order valence-electron chi connectivity index (χ1n) is 4.20. The molecule has 0 amide bonds. The van der Waals surface area contributed by atoms with Gasteiger partial charge in [0.05, 0.1) is 5.38 Å². The van der Waals surface area contributed by atoms with Gasteiger partial charge >= 0.3 is 0 Å². The van der Waals surface area contributed by atoms with Gasteiger partial charge in [-0.05, 0) is 25.7 Å². The SMILES string of the molecule is Cc1ncc(C(Cl)C2CC2)cn1. The molecular weight excluding hydrogens is 172 g/mol. The van der Waals surface area contributed by atoms with E-state index in [0.717, 1.165) is 11.4 Å². The molecule has 3 heteroatoms. The largest absolute Gasteiger partial charge is 0.241 e. The van der Waals surface area contributed by atoms with E-state index in [4.69, 9.17) is 11.6 Å². The van der Waals surface area contributed by atoms with Gasteiger partial charge in [-0.15, -0.1) is 11.6 Å². The van der Waals surface area contributed by atoms with E-state index >= 15 is 0 Å². The van der Waals surface area contributed by atoms with E-state index in [1.807, 2.05) is 19.3 Å². The van der Waals surface area contributed by atoms with Crippen LogP contribution in [-0.4, -0.2) is 9.97 Å². The summed E-state index contributed by atoms with van der Waals surface area (Å²) in [6.07, 6.45) is 6.17. The van der Waals surface area contributed by atoms with E-state index < -0.39 is 0 Å². The lowest BCUT2D eigenvalue weighted by atomic mass is 10.2. The van der Waals surface area contributed by atoms with Crippen molar-refractivity contribution >= 4 is 11.6 Å². The van der Waals surface area contributed by atoms with E-state index in [2.05, 4.69) is 9.97 Å². The molecule has 0 N–H and O–H groups in total. The summed E-state index contributed by atoms with van der Waals surface area (Å²) in [6.45, 7) is 1.88. The monoisotopic (exact) mass is 182 g/mol. The molecule has 1 heterocycles. The second-order valence-electron chi connectivity index (χ2n) is 3.30. The summed E-state index contributed by atoms with van der Waals surface area (Å²) >= 11 is 6.18. The maximum Gasteiger partial charge on any atom is 0.125 e. The minimum atomic E-state index is 0.130. The molecule has 1 fully saturated rings. The predicted octanol–water partition coefficient (Wildman–Crippen LogP) is 2.47. The molecule has 0 aromatic carbocycles. The molecule has 12 heavy (non-hydrogen) atoms. The van der Waals surface area contributed by atoms with E-state index in [-0.39, 0.29) is 5.38 Å². The van der Waals surface area contributed by atoms with Gasteiger partial charge in [-0.1, -0.05) is 0 Å². The van der Waals surface area contributed by atoms with Crippen LogP contribution in [0.2, 0.25) is 0 Å². The molecule has 0 radical (unpaired) electrons. The summed E-state index contributed by atoms with van der Waals surface area (Å²) in [7, 11) is 0. The summed E-state index contributed by atoms with van der Waals surface area (Å²) in [5, 5.41) is 0.130. The fraction of sp³-hybridized carbons (Fsp3) is 0.556. The molecule has 0 spiro atoms. The number of aryl methyl sites for hydroxylation is 1. The van der Waals surface area contributed by atoms with Crippen molar-refractivity contribution in [2.45, 2.75) is 25.1 Å². The average molecular weight is 183 g/mol. The summed E-state index contributed by atoms with van der Waals surface area (Å²) in [6, 6.07) is 0. The third-order valence-corrected chi connectivity index (χ3v) is 2.76. The average Bonchev–Trinajstić information content (AvgIpc) is 2.87. The van der Waals surface area contributed by atoms with Crippen LogP contribution in [0, 0.1) is 12.8 Å². The van der Waals surface area contributed by atoms with Crippen LogP contribution < -0.4 is 0 Å². The van der Waals surface area contributed by atoms with Crippen molar-refractivity contribution in [3.8, 4) is 0 Å². The van der Waals surface area contributed by atoms with Crippen LogP contribution in [0.5, 0.6) is 0 Å². The topological polar surface area (TPSA) is 25.8 Å². The number of rotatable bonds is 2. The van der Waals surface area contributed by atoms with Crippen LogP contribution in [0.4, 0.5) is 0 Å². The van der Waals surface area contributed by atoms with Gasteiger partial charge in [-0.2, -0.15) is 0 Å². The van der Waals surface area contributed by atoms with Crippen LogP contribution in [0.1, 0.15) is 29.6 Å². The van der Waals surface area contributed by atoms with Crippen LogP contribution in [0.3, 0.4) is 0 Å². The van der Waals surface area contributed by atoms with Gasteiger partial charge in [0.2, 0.25) is 0 Å². The Morgan fingerprint density at radius 1 is 1.42 bits per heavy atom. The van der Waals surface area contributed by atoms with Gasteiger partial charge in [-0.25, -0.2) is 9.97 Å². The molecule has 1 atom stereocenters. The zero-order valence-corrected chi connectivity index (χ0v) is 7.75. The van der Waals surface area contributed by atoms with Gasteiger partial charge in [0, 0.05) is 18.0 Å². The maximum atomic E-state index is 6.18. The van der Waals surface area contributed by atoms with Crippen molar-refractivity contribution in [3.05, 3.63) is 23.8 Å². The minimum absolute atomic E-state index is 0.130. The molecule has 2 rings (SSSR count). The Morgan fingerprint density at radius 3 is 2.50 bits per heavy atom. The summed E-state index contributed by atoms with van der Waals surface area (Å²) in [5.41, 5.74) is 1.06. The lowest BCUT2D eigenvalue weighted by Crippen LogP contribution is -1.96. The summed E-state index contributed by atoms with van der Waals surface area (Å²) < 4.78 is 0. The van der Waals surface area contributed by atoms with Gasteiger partial charge in [0.1, 0.15) is 5.82 Å². The smallest absolute Gasteiger partial charge is 0.125 e. The second kappa shape index (κ2) is 3.02. The van der Waals surface area contributed by atoms with Crippen LogP contribution in [0.25, 0.3) is 0 Å². The molecule has 2 nitrogen and oxygen atoms in total. The lowest BCUT2D eigenvalue weighted by molar-refractivity contribution is 0.783. The zero-order chi connectivity index (χ0) is 8.55. The van der Waals surface area contributed by atoms with Crippen LogP contribution in [-0.2, 0) is 0 Å². The van der Waals surface area contributed by atoms with Crippen molar-refractivity contribution in [1.82, 2.24) is 9.97 Å². The Hall–Kier alpha value is -0.630. The van der Waals surface area contributed by atoms with Crippen molar-refractivity contribution in [1.29, 1.82) is 0 Å². The number of halogens is 1. The summed E-state index contributed by atoms with van der Waals surface area (Å²) in [4.78, 5) is 8.23. The number of alkyl halides is 1. The Balaban J connectivity index is 2.16. The molecule has 0 bridgehead atoms. The van der Waals surface area contributed by atoms with Crippen molar-refractivity contribution in [2.24, 2.45) is 5.92 Å². The zero-order valence-electron chi connectivity index (χ0n) is 7.00. The highest BCUT2D eigenvalue weighted by Crippen LogP contribution is 2.44. The fourth-order valence-electron chi connectivity index (χ4n) is 1.21. The van der Waals surface area contributed by atoms with Gasteiger partial charge < -0.3 is 0 Å². The Labute approximate surface area is 77.0 Å². The van der Waals surface area contributed by atoms with Gasteiger partial charge in [0.15, 0.2) is 0 Å². The maximum absolute atomic E-state index is 6.18. The van der Waals surface area contributed by atoms with Crippen LogP contribution >= 0.6 is 11.6 Å². The first-order valence-corrected chi connectivity index (χ1v) is 4.63.